The summed E-state index contributed by atoms with van der Waals surface area (Å²) < 4.78 is 11.1. The predicted octanol–water partition coefficient (Wildman–Crippen LogP) is 2.91. The maximum Gasteiger partial charge on any atom is 0.237 e. The fraction of sp³-hybridized carbons (Fsp3) is 0.400. The van der Waals surface area contributed by atoms with Crippen molar-refractivity contribution in [3.8, 4) is 11.8 Å². The summed E-state index contributed by atoms with van der Waals surface area (Å²) in [6.45, 7) is 6.52. The highest BCUT2D eigenvalue weighted by Crippen LogP contribution is 2.29. The van der Waals surface area contributed by atoms with Crippen LogP contribution in [0.3, 0.4) is 0 Å². The molecule has 6 heteroatoms. The van der Waals surface area contributed by atoms with Crippen molar-refractivity contribution in [1.82, 2.24) is 15.3 Å². The van der Waals surface area contributed by atoms with Crippen molar-refractivity contribution in [2.45, 2.75) is 26.4 Å². The molecule has 1 aliphatic heterocycles. The zero-order chi connectivity index (χ0) is 18.4. The van der Waals surface area contributed by atoms with Crippen LogP contribution in [0.25, 0.3) is 5.57 Å². The zero-order valence-corrected chi connectivity index (χ0v) is 15.6. The van der Waals surface area contributed by atoms with E-state index in [0.29, 0.717) is 11.8 Å². The molecule has 3 rings (SSSR count). The van der Waals surface area contributed by atoms with Gasteiger partial charge in [-0.3, -0.25) is 0 Å². The molecule has 138 valence electrons. The number of methoxy groups -OCH3 is 1. The van der Waals surface area contributed by atoms with Crippen molar-refractivity contribution >= 4 is 11.3 Å². The van der Waals surface area contributed by atoms with E-state index in [1.807, 2.05) is 31.5 Å². The zero-order valence-electron chi connectivity index (χ0n) is 15.6. The van der Waals surface area contributed by atoms with Gasteiger partial charge in [-0.1, -0.05) is 12.1 Å². The van der Waals surface area contributed by atoms with Gasteiger partial charge in [0.25, 0.3) is 0 Å². The van der Waals surface area contributed by atoms with Gasteiger partial charge in [0.2, 0.25) is 11.8 Å². The average molecular weight is 354 g/mol. The Balaban J connectivity index is 1.45. The number of ether oxygens (including phenoxy) is 2. The summed E-state index contributed by atoms with van der Waals surface area (Å²) in [7, 11) is 1.62. The molecule has 2 N–H and O–H groups in total. The monoisotopic (exact) mass is 354 g/mol. The Bertz CT molecular complexity index is 759. The molecular formula is C20H26N4O2. The smallest absolute Gasteiger partial charge is 0.237 e. The van der Waals surface area contributed by atoms with Crippen molar-refractivity contribution in [2.75, 3.05) is 32.1 Å². The van der Waals surface area contributed by atoms with Crippen LogP contribution in [0.15, 0.2) is 36.7 Å². The van der Waals surface area contributed by atoms with E-state index in [0.717, 1.165) is 37.3 Å². The number of rotatable bonds is 7. The molecule has 6 nitrogen and oxygen atoms in total. The highest BCUT2D eigenvalue weighted by molar-refractivity contribution is 5.68. The van der Waals surface area contributed by atoms with Crippen LogP contribution < -0.4 is 20.1 Å². The summed E-state index contributed by atoms with van der Waals surface area (Å²) in [4.78, 5) is 8.68. The SMILES string of the molecule is C/C=C(\C)c1cnc2c(c1)NCC(CNCCc1ccc(OC)nc1)O2. The van der Waals surface area contributed by atoms with Crippen LogP contribution in [0, 0.1) is 0 Å². The van der Waals surface area contributed by atoms with Gasteiger partial charge in [-0.15, -0.1) is 0 Å². The standard InChI is InChI=1S/C20H26N4O2/c1-4-14(2)16-9-18-20(24-11-16)26-17(13-22-18)12-21-8-7-15-5-6-19(25-3)23-10-15/h4-6,9-11,17,21-22H,7-8,12-13H2,1-3H3/b14-4+. The lowest BCUT2D eigenvalue weighted by Crippen LogP contribution is -2.40. The van der Waals surface area contributed by atoms with Crippen molar-refractivity contribution in [3.05, 3.63) is 47.8 Å². The molecule has 1 unspecified atom stereocenters. The molecule has 0 radical (unpaired) electrons. The summed E-state index contributed by atoms with van der Waals surface area (Å²) in [5.74, 6) is 1.32. The van der Waals surface area contributed by atoms with Gasteiger partial charge < -0.3 is 20.1 Å². The normalized spacial score (nSPS) is 16.4. The number of aromatic nitrogens is 2. The molecule has 2 aromatic heterocycles. The topological polar surface area (TPSA) is 68.3 Å². The minimum Gasteiger partial charge on any atom is -0.481 e. The quantitative estimate of drug-likeness (QED) is 0.745. The third-order valence-electron chi connectivity index (χ3n) is 4.51. The second-order valence-corrected chi connectivity index (χ2v) is 6.33. The van der Waals surface area contributed by atoms with Crippen LogP contribution >= 0.6 is 0 Å². The van der Waals surface area contributed by atoms with Gasteiger partial charge in [-0.05, 0) is 49.6 Å². The van der Waals surface area contributed by atoms with Crippen molar-refractivity contribution in [3.63, 3.8) is 0 Å². The van der Waals surface area contributed by atoms with Crippen molar-refractivity contribution in [2.24, 2.45) is 0 Å². The number of hydrogen-bond donors (Lipinski definition) is 2. The first-order valence-corrected chi connectivity index (χ1v) is 8.93. The van der Waals surface area contributed by atoms with E-state index in [1.54, 1.807) is 7.11 Å². The number of nitrogens with zero attached hydrogens (tertiary/aromatic N) is 2. The van der Waals surface area contributed by atoms with Crippen molar-refractivity contribution in [1.29, 1.82) is 0 Å². The lowest BCUT2D eigenvalue weighted by molar-refractivity contribution is 0.194. The molecule has 0 spiro atoms. The minimum absolute atomic E-state index is 0.0673. The van der Waals surface area contributed by atoms with Gasteiger partial charge in [0.15, 0.2) is 0 Å². The van der Waals surface area contributed by atoms with Crippen LogP contribution in [0.1, 0.15) is 25.0 Å². The highest BCUT2D eigenvalue weighted by Gasteiger charge is 2.20. The largest absolute Gasteiger partial charge is 0.481 e. The summed E-state index contributed by atoms with van der Waals surface area (Å²) >= 11 is 0. The maximum atomic E-state index is 6.00. The summed E-state index contributed by atoms with van der Waals surface area (Å²) in [6, 6.07) is 6.02. The van der Waals surface area contributed by atoms with Gasteiger partial charge in [0.1, 0.15) is 6.10 Å². The van der Waals surface area contributed by atoms with Gasteiger partial charge in [-0.25, -0.2) is 9.97 Å². The van der Waals surface area contributed by atoms with E-state index in [-0.39, 0.29) is 6.10 Å². The van der Waals surface area contributed by atoms with Crippen LogP contribution in [0.2, 0.25) is 0 Å². The van der Waals surface area contributed by atoms with Crippen molar-refractivity contribution < 1.29 is 9.47 Å². The van der Waals surface area contributed by atoms with Gasteiger partial charge in [-0.2, -0.15) is 0 Å². The molecular weight excluding hydrogens is 328 g/mol. The first-order chi connectivity index (χ1) is 12.7. The molecule has 0 saturated carbocycles. The molecule has 1 aliphatic rings. The Labute approximate surface area is 154 Å². The molecule has 0 fully saturated rings. The molecule has 1 atom stereocenters. The van der Waals surface area contributed by atoms with Gasteiger partial charge in [0.05, 0.1) is 19.3 Å². The lowest BCUT2D eigenvalue weighted by atomic mass is 10.1. The Morgan fingerprint density at radius 2 is 2.27 bits per heavy atom. The second kappa shape index (κ2) is 8.67. The molecule has 0 aliphatic carbocycles. The lowest BCUT2D eigenvalue weighted by Gasteiger charge is -2.27. The van der Waals surface area contributed by atoms with Crippen LogP contribution in [0.4, 0.5) is 5.69 Å². The number of pyridine rings is 2. The number of hydrogen-bond acceptors (Lipinski definition) is 6. The molecule has 0 amide bonds. The molecule has 2 aromatic rings. The molecule has 26 heavy (non-hydrogen) atoms. The first kappa shape index (κ1) is 18.2. The Morgan fingerprint density at radius 1 is 1.38 bits per heavy atom. The molecule has 0 saturated heterocycles. The number of nitrogens with one attached hydrogen (secondary N) is 2. The third-order valence-corrected chi connectivity index (χ3v) is 4.51. The summed E-state index contributed by atoms with van der Waals surface area (Å²) in [5.41, 5.74) is 4.47. The van der Waals surface area contributed by atoms with E-state index in [1.165, 1.54) is 11.1 Å². The second-order valence-electron chi connectivity index (χ2n) is 6.33. The van der Waals surface area contributed by atoms with E-state index in [4.69, 9.17) is 9.47 Å². The number of fused-ring (bicyclic) bond motifs is 1. The summed E-state index contributed by atoms with van der Waals surface area (Å²) in [5, 5.41) is 6.87. The molecule has 3 heterocycles. The minimum atomic E-state index is 0.0673. The molecule has 0 aromatic carbocycles. The van der Waals surface area contributed by atoms with Crippen LogP contribution in [0.5, 0.6) is 11.8 Å². The van der Waals surface area contributed by atoms with Crippen LogP contribution in [-0.4, -0.2) is 42.8 Å². The number of anilines is 1. The fourth-order valence-corrected chi connectivity index (χ4v) is 2.77. The fourth-order valence-electron chi connectivity index (χ4n) is 2.77. The number of allylic oxidation sites excluding steroid dienone is 2. The van der Waals surface area contributed by atoms with E-state index in [2.05, 4.69) is 39.7 Å². The third kappa shape index (κ3) is 4.52. The Kier molecular flexibility index (Phi) is 6.07. The van der Waals surface area contributed by atoms with E-state index < -0.39 is 0 Å². The average Bonchev–Trinajstić information content (AvgIpc) is 2.70. The Hall–Kier alpha value is -2.60. The van der Waals surface area contributed by atoms with Gasteiger partial charge >= 0.3 is 0 Å². The van der Waals surface area contributed by atoms with Crippen LogP contribution in [-0.2, 0) is 6.42 Å². The van der Waals surface area contributed by atoms with E-state index >= 15 is 0 Å². The predicted molar refractivity (Wildman–Crippen MR) is 104 cm³/mol. The maximum absolute atomic E-state index is 6.00. The van der Waals surface area contributed by atoms with Gasteiger partial charge in [0, 0.05) is 25.0 Å². The molecule has 0 bridgehead atoms. The Morgan fingerprint density at radius 3 is 3.00 bits per heavy atom. The first-order valence-electron chi connectivity index (χ1n) is 8.93. The van der Waals surface area contributed by atoms with E-state index in [9.17, 15) is 0 Å². The highest BCUT2D eigenvalue weighted by atomic mass is 16.5. The summed E-state index contributed by atoms with van der Waals surface area (Å²) in [6.07, 6.45) is 6.78.